The molecule has 1 aliphatic rings. The van der Waals surface area contributed by atoms with Crippen LogP contribution in [0.2, 0.25) is 5.02 Å². The molecule has 0 aliphatic heterocycles. The minimum absolute atomic E-state index is 0.0245. The van der Waals surface area contributed by atoms with E-state index in [1.54, 1.807) is 25.1 Å². The van der Waals surface area contributed by atoms with Gasteiger partial charge < -0.3 is 20.1 Å². The first-order chi connectivity index (χ1) is 14.2. The molecule has 0 saturated heterocycles. The molecule has 6 heteroatoms. The topological polar surface area (TPSA) is 94.8 Å². The minimum Gasteiger partial charge on any atom is -0.393 e. The molecule has 0 heterocycles. The van der Waals surface area contributed by atoms with Gasteiger partial charge in [0.25, 0.3) is 0 Å². The fourth-order valence-electron chi connectivity index (χ4n) is 4.64. The molecular formula is C24H35ClO5. The summed E-state index contributed by atoms with van der Waals surface area (Å²) in [5.41, 5.74) is 1.25. The van der Waals surface area contributed by atoms with Gasteiger partial charge in [0.05, 0.1) is 12.2 Å². The number of aliphatic hydroxyl groups is 3. The van der Waals surface area contributed by atoms with Crippen molar-refractivity contribution in [3.8, 4) is 0 Å². The van der Waals surface area contributed by atoms with Gasteiger partial charge in [0, 0.05) is 17.0 Å². The van der Waals surface area contributed by atoms with Crippen LogP contribution in [0.25, 0.3) is 0 Å². The Labute approximate surface area is 184 Å². The summed E-state index contributed by atoms with van der Waals surface area (Å²) in [4.78, 5) is 23.6. The standard InChI is InChI=1S/C24H35ClO5/c1-15-11-17(13-18(25)12-15)24(30)21(27)10-9-20-19(22(28)14-23(20)29)8-6-4-3-5-7-16(2)26/h11-13,19-23,27-29H,3-10,14H2,1-2H3/t19-,20-,21?,22+,23-/m1/s1. The second-order valence-electron chi connectivity index (χ2n) is 8.83. The lowest BCUT2D eigenvalue weighted by molar-refractivity contribution is -0.117. The summed E-state index contributed by atoms with van der Waals surface area (Å²) in [6.07, 6.45) is 4.00. The number of Topliss-reactive ketones (excluding diaryl/α,β-unsaturated/α-hetero) is 2. The quantitative estimate of drug-likeness (QED) is 0.335. The summed E-state index contributed by atoms with van der Waals surface area (Å²) in [6.45, 7) is 3.45. The van der Waals surface area contributed by atoms with Gasteiger partial charge in [-0.1, -0.05) is 30.9 Å². The van der Waals surface area contributed by atoms with Crippen LogP contribution in [-0.2, 0) is 4.79 Å². The fourth-order valence-corrected chi connectivity index (χ4v) is 4.93. The van der Waals surface area contributed by atoms with E-state index in [2.05, 4.69) is 0 Å². The first kappa shape index (κ1) is 25.0. The van der Waals surface area contributed by atoms with Crippen molar-refractivity contribution in [1.82, 2.24) is 0 Å². The molecule has 5 atom stereocenters. The van der Waals surface area contributed by atoms with Gasteiger partial charge in [0.15, 0.2) is 5.78 Å². The predicted octanol–water partition coefficient (Wildman–Crippen LogP) is 4.26. The Morgan fingerprint density at radius 1 is 1.03 bits per heavy atom. The van der Waals surface area contributed by atoms with E-state index in [1.165, 1.54) is 0 Å². The molecule has 1 unspecified atom stereocenters. The van der Waals surface area contributed by atoms with Gasteiger partial charge in [0.2, 0.25) is 0 Å². The molecule has 1 saturated carbocycles. The van der Waals surface area contributed by atoms with Crippen molar-refractivity contribution in [3.63, 3.8) is 0 Å². The maximum Gasteiger partial charge on any atom is 0.191 e. The van der Waals surface area contributed by atoms with Crippen molar-refractivity contribution in [3.05, 3.63) is 34.3 Å². The third-order valence-electron chi connectivity index (χ3n) is 6.24. The van der Waals surface area contributed by atoms with Crippen LogP contribution in [0.1, 0.15) is 80.6 Å². The van der Waals surface area contributed by atoms with Gasteiger partial charge in [-0.05, 0) is 81.5 Å². The minimum atomic E-state index is -1.15. The number of aryl methyl sites for hydroxylation is 1. The van der Waals surface area contributed by atoms with E-state index >= 15 is 0 Å². The lowest BCUT2D eigenvalue weighted by Gasteiger charge is -2.24. The average molecular weight is 439 g/mol. The molecule has 0 aromatic heterocycles. The molecule has 5 nitrogen and oxygen atoms in total. The van der Waals surface area contributed by atoms with Gasteiger partial charge in [-0.2, -0.15) is 0 Å². The number of rotatable bonds is 12. The molecule has 1 fully saturated rings. The maximum absolute atomic E-state index is 12.6. The van der Waals surface area contributed by atoms with Crippen LogP contribution in [0, 0.1) is 18.8 Å². The van der Waals surface area contributed by atoms with Crippen LogP contribution in [0.5, 0.6) is 0 Å². The van der Waals surface area contributed by atoms with Crippen LogP contribution in [0.15, 0.2) is 18.2 Å². The number of carbonyl (C=O) groups is 2. The summed E-state index contributed by atoms with van der Waals surface area (Å²) in [7, 11) is 0. The van der Waals surface area contributed by atoms with E-state index in [9.17, 15) is 24.9 Å². The van der Waals surface area contributed by atoms with Gasteiger partial charge >= 0.3 is 0 Å². The number of aliphatic hydroxyl groups excluding tert-OH is 3. The Bertz CT molecular complexity index is 699. The molecule has 30 heavy (non-hydrogen) atoms. The molecule has 0 bridgehead atoms. The lowest BCUT2D eigenvalue weighted by Crippen LogP contribution is -2.26. The molecule has 2 rings (SSSR count). The SMILES string of the molecule is CC(=O)CCCCCC[C@@H]1[C@@H](CCC(O)C(=O)c2cc(C)cc(Cl)c2)[C@H](O)C[C@@H]1O. The molecule has 0 spiro atoms. The Morgan fingerprint density at radius 3 is 2.30 bits per heavy atom. The molecule has 1 aliphatic carbocycles. The zero-order valence-electron chi connectivity index (χ0n) is 18.0. The summed E-state index contributed by atoms with van der Waals surface area (Å²) >= 11 is 6.02. The van der Waals surface area contributed by atoms with Crippen LogP contribution < -0.4 is 0 Å². The number of halogens is 1. The highest BCUT2D eigenvalue weighted by Gasteiger charge is 2.41. The van der Waals surface area contributed by atoms with Crippen molar-refractivity contribution >= 4 is 23.2 Å². The van der Waals surface area contributed by atoms with Crippen LogP contribution in [0.4, 0.5) is 0 Å². The Kier molecular flexibility index (Phi) is 9.95. The molecule has 3 N–H and O–H groups in total. The smallest absolute Gasteiger partial charge is 0.191 e. The predicted molar refractivity (Wildman–Crippen MR) is 118 cm³/mol. The number of ketones is 2. The lowest BCUT2D eigenvalue weighted by atomic mass is 9.84. The van der Waals surface area contributed by atoms with Crippen LogP contribution in [0.3, 0.4) is 0 Å². The van der Waals surface area contributed by atoms with Crippen LogP contribution >= 0.6 is 11.6 Å². The Hall–Kier alpha value is -1.27. The Morgan fingerprint density at radius 2 is 1.67 bits per heavy atom. The molecule has 168 valence electrons. The van der Waals surface area contributed by atoms with Crippen LogP contribution in [-0.4, -0.2) is 45.2 Å². The number of unbranched alkanes of at least 4 members (excludes halogenated alkanes) is 3. The first-order valence-corrected chi connectivity index (χ1v) is 11.4. The van der Waals surface area contributed by atoms with Gasteiger partial charge in [0.1, 0.15) is 11.9 Å². The normalized spacial score (nSPS) is 24.7. The van der Waals surface area contributed by atoms with Crippen molar-refractivity contribution in [1.29, 1.82) is 0 Å². The largest absolute Gasteiger partial charge is 0.393 e. The van der Waals surface area contributed by atoms with E-state index < -0.39 is 18.3 Å². The van der Waals surface area contributed by atoms with E-state index in [0.717, 1.165) is 37.7 Å². The number of benzene rings is 1. The van der Waals surface area contributed by atoms with Gasteiger partial charge in [-0.15, -0.1) is 0 Å². The fraction of sp³-hybridized carbons (Fsp3) is 0.667. The zero-order chi connectivity index (χ0) is 22.3. The summed E-state index contributed by atoms with van der Waals surface area (Å²) < 4.78 is 0. The summed E-state index contributed by atoms with van der Waals surface area (Å²) in [5.74, 6) is -0.301. The Balaban J connectivity index is 1.85. The first-order valence-electron chi connectivity index (χ1n) is 11.0. The average Bonchev–Trinajstić information content (AvgIpc) is 2.93. The number of carbonyl (C=O) groups excluding carboxylic acids is 2. The van der Waals surface area contributed by atoms with E-state index in [4.69, 9.17) is 11.6 Å². The van der Waals surface area contributed by atoms with Gasteiger partial charge in [-0.25, -0.2) is 0 Å². The van der Waals surface area contributed by atoms with Crippen molar-refractivity contribution < 1.29 is 24.9 Å². The highest BCUT2D eigenvalue weighted by atomic mass is 35.5. The second-order valence-corrected chi connectivity index (χ2v) is 9.26. The van der Waals surface area contributed by atoms with E-state index in [-0.39, 0.29) is 29.8 Å². The van der Waals surface area contributed by atoms with Crippen molar-refractivity contribution in [2.45, 2.75) is 89.9 Å². The molecule has 1 aromatic rings. The van der Waals surface area contributed by atoms with Crippen molar-refractivity contribution in [2.24, 2.45) is 11.8 Å². The highest BCUT2D eigenvalue weighted by molar-refractivity contribution is 6.31. The number of hydrogen-bond donors (Lipinski definition) is 3. The molecular weight excluding hydrogens is 404 g/mol. The summed E-state index contributed by atoms with van der Waals surface area (Å²) in [6, 6.07) is 5.02. The van der Waals surface area contributed by atoms with Crippen molar-refractivity contribution in [2.75, 3.05) is 0 Å². The maximum atomic E-state index is 12.6. The second kappa shape index (κ2) is 11.9. The third kappa shape index (κ3) is 7.45. The van der Waals surface area contributed by atoms with E-state index in [1.807, 2.05) is 6.92 Å². The monoisotopic (exact) mass is 438 g/mol. The highest BCUT2D eigenvalue weighted by Crippen LogP contribution is 2.39. The molecule has 0 amide bonds. The molecule has 1 aromatic carbocycles. The number of hydrogen-bond acceptors (Lipinski definition) is 5. The van der Waals surface area contributed by atoms with Gasteiger partial charge in [-0.3, -0.25) is 4.79 Å². The zero-order valence-corrected chi connectivity index (χ0v) is 18.8. The molecule has 0 radical (unpaired) electrons. The van der Waals surface area contributed by atoms with E-state index in [0.29, 0.717) is 29.8 Å². The summed E-state index contributed by atoms with van der Waals surface area (Å²) in [5, 5.41) is 31.6. The third-order valence-corrected chi connectivity index (χ3v) is 6.46.